The van der Waals surface area contributed by atoms with Crippen molar-refractivity contribution in [3.8, 4) is 5.75 Å². The first-order chi connectivity index (χ1) is 9.55. The third kappa shape index (κ3) is 2.90. The summed E-state index contributed by atoms with van der Waals surface area (Å²) in [4.78, 5) is 12.3. The van der Waals surface area contributed by atoms with Crippen LogP contribution in [0.2, 0.25) is 0 Å². The number of nitrogens with zero attached hydrogens (tertiary/aromatic N) is 2. The van der Waals surface area contributed by atoms with Gasteiger partial charge in [-0.05, 0) is 43.2 Å². The molecule has 0 aliphatic heterocycles. The molecule has 2 rings (SSSR count). The van der Waals surface area contributed by atoms with Gasteiger partial charge < -0.3 is 4.74 Å². The molecule has 0 N–H and O–H groups in total. The molecular formula is C16H20N2O2. The van der Waals surface area contributed by atoms with Gasteiger partial charge in [0.15, 0.2) is 5.78 Å². The standard InChI is InChI=1S/C16H20N2O2/c1-5-13-9-14(18(3)17-13)10-15(19)12-6-7-16(20-4)11(2)8-12/h6-9H,5,10H2,1-4H3. The highest BCUT2D eigenvalue weighted by Gasteiger charge is 2.12. The Bertz CT molecular complexity index is 629. The Morgan fingerprint density at radius 2 is 2.10 bits per heavy atom. The maximum absolute atomic E-state index is 12.3. The van der Waals surface area contributed by atoms with Gasteiger partial charge in [0.25, 0.3) is 0 Å². The zero-order valence-corrected chi connectivity index (χ0v) is 12.4. The molecule has 0 saturated carbocycles. The van der Waals surface area contributed by atoms with Gasteiger partial charge in [0.05, 0.1) is 19.2 Å². The molecule has 2 aromatic rings. The zero-order valence-electron chi connectivity index (χ0n) is 12.4. The number of ketones is 1. The largest absolute Gasteiger partial charge is 0.496 e. The fourth-order valence-corrected chi connectivity index (χ4v) is 2.23. The third-order valence-electron chi connectivity index (χ3n) is 3.45. The Hall–Kier alpha value is -2.10. The molecule has 1 aromatic heterocycles. The average Bonchev–Trinajstić information content (AvgIpc) is 2.79. The molecule has 0 fully saturated rings. The normalized spacial score (nSPS) is 10.6. The zero-order chi connectivity index (χ0) is 14.7. The molecule has 0 amide bonds. The molecule has 0 aliphatic carbocycles. The average molecular weight is 272 g/mol. The van der Waals surface area contributed by atoms with Crippen LogP contribution < -0.4 is 4.74 Å². The third-order valence-corrected chi connectivity index (χ3v) is 3.45. The van der Waals surface area contributed by atoms with E-state index in [4.69, 9.17) is 4.74 Å². The molecule has 106 valence electrons. The van der Waals surface area contributed by atoms with Gasteiger partial charge in [0, 0.05) is 18.3 Å². The molecule has 0 bridgehead atoms. The Kier molecular flexibility index (Phi) is 4.23. The molecular weight excluding hydrogens is 252 g/mol. The highest BCUT2D eigenvalue weighted by Crippen LogP contribution is 2.19. The Labute approximate surface area is 119 Å². The topological polar surface area (TPSA) is 44.1 Å². The van der Waals surface area contributed by atoms with Gasteiger partial charge >= 0.3 is 0 Å². The first-order valence-electron chi connectivity index (χ1n) is 6.74. The van der Waals surface area contributed by atoms with Gasteiger partial charge in [-0.2, -0.15) is 5.10 Å². The van der Waals surface area contributed by atoms with Crippen LogP contribution in [0, 0.1) is 6.92 Å². The number of Topliss-reactive ketones (excluding diaryl/α,β-unsaturated/α-hetero) is 1. The fraction of sp³-hybridized carbons (Fsp3) is 0.375. The monoisotopic (exact) mass is 272 g/mol. The van der Waals surface area contributed by atoms with Crippen molar-refractivity contribution in [2.45, 2.75) is 26.7 Å². The van der Waals surface area contributed by atoms with E-state index in [0.717, 1.165) is 29.1 Å². The number of hydrogen-bond acceptors (Lipinski definition) is 3. The summed E-state index contributed by atoms with van der Waals surface area (Å²) < 4.78 is 6.99. The van der Waals surface area contributed by atoms with E-state index in [9.17, 15) is 4.79 Å². The van der Waals surface area contributed by atoms with E-state index in [1.165, 1.54) is 0 Å². The van der Waals surface area contributed by atoms with Crippen LogP contribution in [0.1, 0.15) is 34.2 Å². The van der Waals surface area contributed by atoms with Gasteiger partial charge in [-0.3, -0.25) is 9.48 Å². The van der Waals surface area contributed by atoms with Crippen LogP contribution in [0.25, 0.3) is 0 Å². The number of rotatable bonds is 5. The summed E-state index contributed by atoms with van der Waals surface area (Å²) in [5, 5.41) is 4.37. The Morgan fingerprint density at radius 3 is 2.65 bits per heavy atom. The summed E-state index contributed by atoms with van der Waals surface area (Å²) >= 11 is 0. The van der Waals surface area contributed by atoms with Gasteiger partial charge in [-0.1, -0.05) is 6.92 Å². The lowest BCUT2D eigenvalue weighted by atomic mass is 10.0. The van der Waals surface area contributed by atoms with E-state index in [0.29, 0.717) is 12.0 Å². The summed E-state index contributed by atoms with van der Waals surface area (Å²) in [6.45, 7) is 4.00. The molecule has 0 radical (unpaired) electrons. The number of methoxy groups -OCH3 is 1. The van der Waals surface area contributed by atoms with Crippen molar-refractivity contribution in [2.24, 2.45) is 7.05 Å². The number of aryl methyl sites for hydroxylation is 3. The van der Waals surface area contributed by atoms with Crippen molar-refractivity contribution in [1.82, 2.24) is 9.78 Å². The van der Waals surface area contributed by atoms with E-state index < -0.39 is 0 Å². The van der Waals surface area contributed by atoms with E-state index in [1.54, 1.807) is 11.8 Å². The summed E-state index contributed by atoms with van der Waals surface area (Å²) in [7, 11) is 3.51. The molecule has 0 aliphatic rings. The molecule has 4 heteroatoms. The minimum Gasteiger partial charge on any atom is -0.496 e. The van der Waals surface area contributed by atoms with Gasteiger partial charge in [0.1, 0.15) is 5.75 Å². The lowest BCUT2D eigenvalue weighted by Gasteiger charge is -2.07. The van der Waals surface area contributed by atoms with Gasteiger partial charge in [-0.25, -0.2) is 0 Å². The fourth-order valence-electron chi connectivity index (χ4n) is 2.23. The molecule has 4 nitrogen and oxygen atoms in total. The van der Waals surface area contributed by atoms with Crippen LogP contribution in [0.15, 0.2) is 24.3 Å². The summed E-state index contributed by atoms with van der Waals surface area (Å²) in [5.74, 6) is 0.900. The number of carbonyl (C=O) groups is 1. The minimum atomic E-state index is 0.0985. The second kappa shape index (κ2) is 5.90. The summed E-state index contributed by atoms with van der Waals surface area (Å²) in [6, 6.07) is 7.51. The lowest BCUT2D eigenvalue weighted by molar-refractivity contribution is 0.0990. The molecule has 20 heavy (non-hydrogen) atoms. The van der Waals surface area contributed by atoms with Crippen LogP contribution >= 0.6 is 0 Å². The maximum Gasteiger partial charge on any atom is 0.168 e. The predicted molar refractivity (Wildman–Crippen MR) is 78.4 cm³/mol. The minimum absolute atomic E-state index is 0.0985. The molecule has 1 heterocycles. The number of aromatic nitrogens is 2. The van der Waals surface area contributed by atoms with Crippen LogP contribution in [-0.2, 0) is 19.9 Å². The quantitative estimate of drug-likeness (QED) is 0.786. The van der Waals surface area contributed by atoms with E-state index >= 15 is 0 Å². The Morgan fingerprint density at radius 1 is 1.35 bits per heavy atom. The van der Waals surface area contributed by atoms with E-state index in [1.807, 2.05) is 38.2 Å². The molecule has 0 saturated heterocycles. The number of carbonyl (C=O) groups excluding carboxylic acids is 1. The molecule has 0 unspecified atom stereocenters. The number of hydrogen-bond donors (Lipinski definition) is 0. The first-order valence-corrected chi connectivity index (χ1v) is 6.74. The summed E-state index contributed by atoms with van der Waals surface area (Å²) in [5.41, 5.74) is 3.64. The summed E-state index contributed by atoms with van der Waals surface area (Å²) in [6.07, 6.45) is 1.25. The van der Waals surface area contributed by atoms with Crippen LogP contribution in [0.3, 0.4) is 0 Å². The van der Waals surface area contributed by atoms with Crippen LogP contribution in [0.5, 0.6) is 5.75 Å². The smallest absolute Gasteiger partial charge is 0.168 e. The predicted octanol–water partition coefficient (Wildman–Crippen LogP) is 2.72. The highest BCUT2D eigenvalue weighted by atomic mass is 16.5. The van der Waals surface area contributed by atoms with Crippen molar-refractivity contribution in [3.05, 3.63) is 46.8 Å². The van der Waals surface area contributed by atoms with E-state index in [-0.39, 0.29) is 5.78 Å². The number of ether oxygens (including phenoxy) is 1. The van der Waals surface area contributed by atoms with Crippen molar-refractivity contribution in [1.29, 1.82) is 0 Å². The van der Waals surface area contributed by atoms with Crippen LogP contribution in [-0.4, -0.2) is 22.7 Å². The first kappa shape index (κ1) is 14.3. The maximum atomic E-state index is 12.3. The number of benzene rings is 1. The molecule has 0 spiro atoms. The van der Waals surface area contributed by atoms with Crippen molar-refractivity contribution in [3.63, 3.8) is 0 Å². The van der Waals surface area contributed by atoms with Crippen molar-refractivity contribution in [2.75, 3.05) is 7.11 Å². The SMILES string of the molecule is CCc1cc(CC(=O)c2ccc(OC)c(C)c2)n(C)n1. The second-order valence-electron chi connectivity index (χ2n) is 4.89. The van der Waals surface area contributed by atoms with Crippen LogP contribution in [0.4, 0.5) is 0 Å². The molecule has 0 atom stereocenters. The van der Waals surface area contributed by atoms with Crippen molar-refractivity contribution < 1.29 is 9.53 Å². The lowest BCUT2D eigenvalue weighted by Crippen LogP contribution is -2.08. The van der Waals surface area contributed by atoms with E-state index in [2.05, 4.69) is 12.0 Å². The van der Waals surface area contributed by atoms with Gasteiger partial charge in [-0.15, -0.1) is 0 Å². The highest BCUT2D eigenvalue weighted by molar-refractivity contribution is 5.97. The molecule has 1 aromatic carbocycles. The van der Waals surface area contributed by atoms with Gasteiger partial charge in [0.2, 0.25) is 0 Å². The van der Waals surface area contributed by atoms with Crippen molar-refractivity contribution >= 4 is 5.78 Å². The second-order valence-corrected chi connectivity index (χ2v) is 4.89. The Balaban J connectivity index is 2.19.